The Kier molecular flexibility index (Phi) is 4.18. The van der Waals surface area contributed by atoms with Crippen molar-refractivity contribution in [3.8, 4) is 0 Å². The highest BCUT2D eigenvalue weighted by atomic mass is 79.9. The minimum atomic E-state index is 0.377. The molecule has 82 valence electrons. The normalized spacial score (nSPS) is 17.9. The Balaban J connectivity index is 1.79. The van der Waals surface area contributed by atoms with Gasteiger partial charge in [-0.15, -0.1) is 0 Å². The monoisotopic (exact) mass is 270 g/mol. The highest BCUT2D eigenvalue weighted by molar-refractivity contribution is 9.10. The number of ether oxygens (including phenoxy) is 2. The lowest BCUT2D eigenvalue weighted by atomic mass is 10.1. The van der Waals surface area contributed by atoms with Gasteiger partial charge in [0.05, 0.1) is 12.7 Å². The smallest absolute Gasteiger partial charge is 0.0720 e. The molecule has 0 aromatic heterocycles. The topological polar surface area (TPSA) is 18.5 Å². The van der Waals surface area contributed by atoms with E-state index in [1.165, 1.54) is 5.56 Å². The lowest BCUT2D eigenvalue weighted by Gasteiger charge is -2.22. The standard InChI is InChI=1S/C12H15BrO2/c13-11-3-1-10(2-4-11)9-15-12-5-7-14-8-6-12/h1-4,12H,5-9H2. The van der Waals surface area contributed by atoms with Crippen molar-refractivity contribution in [2.45, 2.75) is 25.6 Å². The zero-order chi connectivity index (χ0) is 10.5. The highest BCUT2D eigenvalue weighted by Crippen LogP contribution is 2.15. The summed E-state index contributed by atoms with van der Waals surface area (Å²) in [5, 5.41) is 0. The predicted molar refractivity (Wildman–Crippen MR) is 62.8 cm³/mol. The molecule has 2 rings (SSSR count). The summed E-state index contributed by atoms with van der Waals surface area (Å²) in [5.41, 5.74) is 1.23. The van der Waals surface area contributed by atoms with Crippen molar-refractivity contribution in [2.24, 2.45) is 0 Å². The van der Waals surface area contributed by atoms with Crippen LogP contribution in [0, 0.1) is 0 Å². The van der Waals surface area contributed by atoms with E-state index >= 15 is 0 Å². The summed E-state index contributed by atoms with van der Waals surface area (Å²) < 4.78 is 12.2. The molecule has 0 saturated carbocycles. The van der Waals surface area contributed by atoms with E-state index in [1.54, 1.807) is 0 Å². The summed E-state index contributed by atoms with van der Waals surface area (Å²) in [6.45, 7) is 2.38. The lowest BCUT2D eigenvalue weighted by molar-refractivity contribution is -0.0390. The molecule has 0 aliphatic carbocycles. The van der Waals surface area contributed by atoms with Crippen LogP contribution in [0.2, 0.25) is 0 Å². The molecule has 0 atom stereocenters. The quantitative estimate of drug-likeness (QED) is 0.840. The molecule has 1 fully saturated rings. The number of halogens is 1. The molecular formula is C12H15BrO2. The van der Waals surface area contributed by atoms with Gasteiger partial charge in [0.15, 0.2) is 0 Å². The SMILES string of the molecule is Brc1ccc(COC2CCOCC2)cc1. The Labute approximate surface area is 98.7 Å². The van der Waals surface area contributed by atoms with Crippen molar-refractivity contribution < 1.29 is 9.47 Å². The fourth-order valence-corrected chi connectivity index (χ4v) is 1.90. The third-order valence-corrected chi connectivity index (χ3v) is 3.10. The Morgan fingerprint density at radius 1 is 1.20 bits per heavy atom. The predicted octanol–water partition coefficient (Wildman–Crippen LogP) is 3.14. The maximum absolute atomic E-state index is 5.81. The first-order valence-corrected chi connectivity index (χ1v) is 6.08. The van der Waals surface area contributed by atoms with Gasteiger partial charge in [0.25, 0.3) is 0 Å². The van der Waals surface area contributed by atoms with Gasteiger partial charge in [-0.05, 0) is 30.5 Å². The first kappa shape index (κ1) is 11.1. The molecule has 15 heavy (non-hydrogen) atoms. The Morgan fingerprint density at radius 3 is 2.53 bits per heavy atom. The van der Waals surface area contributed by atoms with E-state index in [4.69, 9.17) is 9.47 Å². The molecule has 0 N–H and O–H groups in total. The van der Waals surface area contributed by atoms with E-state index in [0.29, 0.717) is 12.7 Å². The van der Waals surface area contributed by atoms with Crippen molar-refractivity contribution in [1.29, 1.82) is 0 Å². The van der Waals surface area contributed by atoms with Crippen LogP contribution in [-0.2, 0) is 16.1 Å². The van der Waals surface area contributed by atoms with Crippen LogP contribution in [0.5, 0.6) is 0 Å². The summed E-state index contributed by atoms with van der Waals surface area (Å²) >= 11 is 3.42. The third kappa shape index (κ3) is 3.59. The maximum Gasteiger partial charge on any atom is 0.0720 e. The average molecular weight is 271 g/mol. The zero-order valence-corrected chi connectivity index (χ0v) is 10.2. The van der Waals surface area contributed by atoms with Crippen LogP contribution in [-0.4, -0.2) is 19.3 Å². The van der Waals surface area contributed by atoms with Gasteiger partial charge in [0.1, 0.15) is 0 Å². The number of hydrogen-bond donors (Lipinski definition) is 0. The second-order valence-electron chi connectivity index (χ2n) is 3.75. The molecule has 0 unspecified atom stereocenters. The first-order chi connectivity index (χ1) is 7.34. The highest BCUT2D eigenvalue weighted by Gasteiger charge is 2.13. The van der Waals surface area contributed by atoms with Crippen molar-refractivity contribution in [1.82, 2.24) is 0 Å². The summed E-state index contributed by atoms with van der Waals surface area (Å²) in [6, 6.07) is 8.26. The van der Waals surface area contributed by atoms with Crippen molar-refractivity contribution in [3.05, 3.63) is 34.3 Å². The fourth-order valence-electron chi connectivity index (χ4n) is 1.64. The van der Waals surface area contributed by atoms with E-state index in [0.717, 1.165) is 30.5 Å². The summed E-state index contributed by atoms with van der Waals surface area (Å²) in [5.74, 6) is 0. The lowest BCUT2D eigenvalue weighted by Crippen LogP contribution is -2.23. The summed E-state index contributed by atoms with van der Waals surface area (Å²) in [7, 11) is 0. The molecule has 1 heterocycles. The van der Waals surface area contributed by atoms with E-state index < -0.39 is 0 Å². The number of rotatable bonds is 3. The van der Waals surface area contributed by atoms with Crippen LogP contribution < -0.4 is 0 Å². The van der Waals surface area contributed by atoms with E-state index in [1.807, 2.05) is 12.1 Å². The van der Waals surface area contributed by atoms with Crippen molar-refractivity contribution >= 4 is 15.9 Å². The van der Waals surface area contributed by atoms with E-state index in [-0.39, 0.29) is 0 Å². The molecule has 1 aliphatic heterocycles. The van der Waals surface area contributed by atoms with Gasteiger partial charge in [-0.25, -0.2) is 0 Å². The minimum absolute atomic E-state index is 0.377. The summed E-state index contributed by atoms with van der Waals surface area (Å²) in [6.07, 6.45) is 2.43. The molecular weight excluding hydrogens is 256 g/mol. The molecule has 1 aromatic rings. The van der Waals surface area contributed by atoms with Crippen LogP contribution >= 0.6 is 15.9 Å². The van der Waals surface area contributed by atoms with Gasteiger partial charge in [-0.2, -0.15) is 0 Å². The second kappa shape index (κ2) is 5.64. The maximum atomic E-state index is 5.81. The average Bonchev–Trinajstić information content (AvgIpc) is 2.30. The second-order valence-corrected chi connectivity index (χ2v) is 4.66. The van der Waals surface area contributed by atoms with Crippen LogP contribution in [0.15, 0.2) is 28.7 Å². The van der Waals surface area contributed by atoms with Gasteiger partial charge in [0.2, 0.25) is 0 Å². The van der Waals surface area contributed by atoms with Gasteiger partial charge >= 0.3 is 0 Å². The molecule has 2 nitrogen and oxygen atoms in total. The largest absolute Gasteiger partial charge is 0.381 e. The Morgan fingerprint density at radius 2 is 1.87 bits per heavy atom. The van der Waals surface area contributed by atoms with Gasteiger partial charge in [-0.1, -0.05) is 28.1 Å². The number of hydrogen-bond acceptors (Lipinski definition) is 2. The minimum Gasteiger partial charge on any atom is -0.381 e. The molecule has 0 amide bonds. The van der Waals surface area contributed by atoms with Crippen molar-refractivity contribution in [2.75, 3.05) is 13.2 Å². The number of benzene rings is 1. The van der Waals surface area contributed by atoms with E-state index in [9.17, 15) is 0 Å². The Bertz CT molecular complexity index is 291. The van der Waals surface area contributed by atoms with Crippen LogP contribution in [0.4, 0.5) is 0 Å². The molecule has 0 spiro atoms. The Hall–Kier alpha value is -0.380. The molecule has 1 aliphatic rings. The fraction of sp³-hybridized carbons (Fsp3) is 0.500. The molecule has 3 heteroatoms. The van der Waals surface area contributed by atoms with Gasteiger partial charge < -0.3 is 9.47 Å². The molecule has 1 aromatic carbocycles. The van der Waals surface area contributed by atoms with E-state index in [2.05, 4.69) is 28.1 Å². The van der Waals surface area contributed by atoms with Crippen LogP contribution in [0.25, 0.3) is 0 Å². The zero-order valence-electron chi connectivity index (χ0n) is 8.62. The molecule has 1 saturated heterocycles. The van der Waals surface area contributed by atoms with Crippen molar-refractivity contribution in [3.63, 3.8) is 0 Å². The van der Waals surface area contributed by atoms with Crippen LogP contribution in [0.3, 0.4) is 0 Å². The van der Waals surface area contributed by atoms with Gasteiger partial charge in [-0.3, -0.25) is 0 Å². The third-order valence-electron chi connectivity index (χ3n) is 2.57. The van der Waals surface area contributed by atoms with Gasteiger partial charge in [0, 0.05) is 17.7 Å². The first-order valence-electron chi connectivity index (χ1n) is 5.28. The molecule has 0 radical (unpaired) electrons. The summed E-state index contributed by atoms with van der Waals surface area (Å²) in [4.78, 5) is 0. The van der Waals surface area contributed by atoms with Crippen LogP contribution in [0.1, 0.15) is 18.4 Å². The molecule has 0 bridgehead atoms.